The monoisotopic (exact) mass is 262 g/mol. The topological polar surface area (TPSA) is 55.2 Å². The van der Waals surface area contributed by atoms with Crippen LogP contribution in [0.3, 0.4) is 0 Å². The van der Waals surface area contributed by atoms with Crippen molar-refractivity contribution < 1.29 is 4.92 Å². The average molecular weight is 262 g/mol. The molecule has 2 unspecified atom stereocenters. The maximum atomic E-state index is 11.1. The Bertz CT molecular complexity index is 459. The first-order valence-corrected chi connectivity index (χ1v) is 7.08. The Morgan fingerprint density at radius 3 is 2.79 bits per heavy atom. The van der Waals surface area contributed by atoms with Gasteiger partial charge in [-0.3, -0.25) is 10.1 Å². The fourth-order valence-electron chi connectivity index (χ4n) is 2.77. The molecule has 4 nitrogen and oxygen atoms in total. The van der Waals surface area contributed by atoms with E-state index in [0.717, 1.165) is 24.3 Å². The molecule has 1 fully saturated rings. The van der Waals surface area contributed by atoms with Gasteiger partial charge in [0.05, 0.1) is 4.92 Å². The standard InChI is InChI=1S/C15H22N2O2/c1-11-4-3-5-13(8-6-11)16-14-9-7-12(2)10-15(14)17(18)19/h7,9-11,13,16H,3-6,8H2,1-2H3. The lowest BCUT2D eigenvalue weighted by atomic mass is 10.0. The number of benzene rings is 1. The number of hydrogen-bond acceptors (Lipinski definition) is 3. The highest BCUT2D eigenvalue weighted by molar-refractivity contribution is 5.62. The molecule has 0 amide bonds. The van der Waals surface area contributed by atoms with Crippen molar-refractivity contribution in [3.8, 4) is 0 Å². The number of rotatable bonds is 3. The van der Waals surface area contributed by atoms with E-state index in [9.17, 15) is 10.1 Å². The molecular weight excluding hydrogens is 240 g/mol. The van der Waals surface area contributed by atoms with Gasteiger partial charge in [0.25, 0.3) is 5.69 Å². The van der Waals surface area contributed by atoms with Crippen molar-refractivity contribution in [2.24, 2.45) is 5.92 Å². The van der Waals surface area contributed by atoms with E-state index in [1.54, 1.807) is 6.07 Å². The highest BCUT2D eigenvalue weighted by Crippen LogP contribution is 2.30. The molecule has 1 N–H and O–H groups in total. The van der Waals surface area contributed by atoms with Crippen LogP contribution >= 0.6 is 0 Å². The van der Waals surface area contributed by atoms with Crippen molar-refractivity contribution in [1.29, 1.82) is 0 Å². The fourth-order valence-corrected chi connectivity index (χ4v) is 2.77. The molecule has 4 heteroatoms. The third-order valence-electron chi connectivity index (χ3n) is 3.97. The Kier molecular flexibility index (Phi) is 4.40. The van der Waals surface area contributed by atoms with Crippen LogP contribution in [0, 0.1) is 23.0 Å². The van der Waals surface area contributed by atoms with Gasteiger partial charge in [-0.15, -0.1) is 0 Å². The molecule has 0 aromatic heterocycles. The molecule has 1 aromatic rings. The summed E-state index contributed by atoms with van der Waals surface area (Å²) in [4.78, 5) is 10.8. The molecule has 1 aliphatic carbocycles. The fraction of sp³-hybridized carbons (Fsp3) is 0.600. The van der Waals surface area contributed by atoms with Gasteiger partial charge in [-0.25, -0.2) is 0 Å². The molecule has 0 radical (unpaired) electrons. The second kappa shape index (κ2) is 6.04. The van der Waals surface area contributed by atoms with Crippen LogP contribution in [0.25, 0.3) is 0 Å². The van der Waals surface area contributed by atoms with Gasteiger partial charge in [0.1, 0.15) is 5.69 Å². The van der Waals surface area contributed by atoms with Gasteiger partial charge in [0.2, 0.25) is 0 Å². The number of nitrogens with one attached hydrogen (secondary N) is 1. The van der Waals surface area contributed by atoms with E-state index in [1.807, 2.05) is 19.1 Å². The summed E-state index contributed by atoms with van der Waals surface area (Å²) in [7, 11) is 0. The number of hydrogen-bond donors (Lipinski definition) is 1. The van der Waals surface area contributed by atoms with E-state index in [2.05, 4.69) is 12.2 Å². The Balaban J connectivity index is 2.12. The largest absolute Gasteiger partial charge is 0.377 e. The van der Waals surface area contributed by atoms with E-state index in [0.29, 0.717) is 11.7 Å². The van der Waals surface area contributed by atoms with Gasteiger partial charge >= 0.3 is 0 Å². The summed E-state index contributed by atoms with van der Waals surface area (Å²) in [5.74, 6) is 0.778. The van der Waals surface area contributed by atoms with Crippen molar-refractivity contribution in [3.63, 3.8) is 0 Å². The lowest BCUT2D eigenvalue weighted by Gasteiger charge is -2.18. The van der Waals surface area contributed by atoms with Crippen LogP contribution in [-0.2, 0) is 0 Å². The molecule has 1 aromatic carbocycles. The zero-order chi connectivity index (χ0) is 13.8. The molecule has 1 aliphatic rings. The Hall–Kier alpha value is -1.58. The van der Waals surface area contributed by atoms with E-state index in [4.69, 9.17) is 0 Å². The number of nitro benzene ring substituents is 1. The first-order valence-electron chi connectivity index (χ1n) is 7.08. The molecule has 2 atom stereocenters. The van der Waals surface area contributed by atoms with Crippen molar-refractivity contribution in [1.82, 2.24) is 0 Å². The lowest BCUT2D eigenvalue weighted by Crippen LogP contribution is -2.19. The van der Waals surface area contributed by atoms with Crippen molar-refractivity contribution in [3.05, 3.63) is 33.9 Å². The minimum Gasteiger partial charge on any atom is -0.377 e. The summed E-state index contributed by atoms with van der Waals surface area (Å²) in [5.41, 5.74) is 1.78. The SMILES string of the molecule is Cc1ccc(NC2CCCC(C)CC2)c([N+](=O)[O-])c1. The molecule has 0 heterocycles. The summed E-state index contributed by atoms with van der Waals surface area (Å²) in [6.07, 6.45) is 5.89. The predicted octanol–water partition coefficient (Wildman–Crippen LogP) is 4.28. The molecular formula is C15H22N2O2. The van der Waals surface area contributed by atoms with E-state index >= 15 is 0 Å². The molecule has 0 spiro atoms. The minimum atomic E-state index is -0.297. The third kappa shape index (κ3) is 3.69. The molecule has 2 rings (SSSR count). The maximum absolute atomic E-state index is 11.1. The van der Waals surface area contributed by atoms with Gasteiger partial charge in [0, 0.05) is 12.1 Å². The van der Waals surface area contributed by atoms with Crippen molar-refractivity contribution in [2.45, 2.75) is 52.0 Å². The second-order valence-corrected chi connectivity index (χ2v) is 5.73. The molecule has 19 heavy (non-hydrogen) atoms. The number of aryl methyl sites for hydroxylation is 1. The molecule has 1 saturated carbocycles. The lowest BCUT2D eigenvalue weighted by molar-refractivity contribution is -0.384. The van der Waals surface area contributed by atoms with Crippen molar-refractivity contribution >= 4 is 11.4 Å². The number of anilines is 1. The van der Waals surface area contributed by atoms with Gasteiger partial charge in [-0.05, 0) is 43.7 Å². The summed E-state index contributed by atoms with van der Waals surface area (Å²) in [6, 6.07) is 5.77. The second-order valence-electron chi connectivity index (χ2n) is 5.73. The van der Waals surface area contributed by atoms with Crippen LogP contribution in [0.5, 0.6) is 0 Å². The number of nitrogens with zero attached hydrogens (tertiary/aromatic N) is 1. The summed E-state index contributed by atoms with van der Waals surface area (Å²) >= 11 is 0. The third-order valence-corrected chi connectivity index (χ3v) is 3.97. The summed E-state index contributed by atoms with van der Waals surface area (Å²) in [6.45, 7) is 4.17. The molecule has 104 valence electrons. The van der Waals surface area contributed by atoms with Crippen LogP contribution in [0.4, 0.5) is 11.4 Å². The minimum absolute atomic E-state index is 0.192. The maximum Gasteiger partial charge on any atom is 0.292 e. The normalized spacial score (nSPS) is 23.7. The predicted molar refractivity (Wildman–Crippen MR) is 77.5 cm³/mol. The Morgan fingerprint density at radius 2 is 2.05 bits per heavy atom. The molecule has 0 saturated heterocycles. The Labute approximate surface area is 114 Å². The zero-order valence-electron chi connectivity index (χ0n) is 11.7. The zero-order valence-corrected chi connectivity index (χ0v) is 11.7. The Morgan fingerprint density at radius 1 is 1.26 bits per heavy atom. The highest BCUT2D eigenvalue weighted by atomic mass is 16.6. The van der Waals surface area contributed by atoms with E-state index in [-0.39, 0.29) is 10.6 Å². The van der Waals surface area contributed by atoms with Crippen LogP contribution in [-0.4, -0.2) is 11.0 Å². The van der Waals surface area contributed by atoms with Gasteiger partial charge in [0.15, 0.2) is 0 Å². The quantitative estimate of drug-likeness (QED) is 0.502. The van der Waals surface area contributed by atoms with E-state index < -0.39 is 0 Å². The van der Waals surface area contributed by atoms with Crippen molar-refractivity contribution in [2.75, 3.05) is 5.32 Å². The average Bonchev–Trinajstić information content (AvgIpc) is 2.56. The summed E-state index contributed by atoms with van der Waals surface area (Å²) < 4.78 is 0. The van der Waals surface area contributed by atoms with Crippen LogP contribution in [0.15, 0.2) is 18.2 Å². The molecule has 0 bridgehead atoms. The van der Waals surface area contributed by atoms with Gasteiger partial charge in [-0.2, -0.15) is 0 Å². The first-order chi connectivity index (χ1) is 9.06. The number of nitro groups is 1. The van der Waals surface area contributed by atoms with Crippen LogP contribution < -0.4 is 5.32 Å². The smallest absolute Gasteiger partial charge is 0.292 e. The van der Waals surface area contributed by atoms with E-state index in [1.165, 1.54) is 19.3 Å². The van der Waals surface area contributed by atoms with Crippen LogP contribution in [0.1, 0.15) is 44.6 Å². The summed E-state index contributed by atoms with van der Waals surface area (Å²) in [5, 5.41) is 14.5. The molecule has 0 aliphatic heterocycles. The van der Waals surface area contributed by atoms with Gasteiger partial charge in [-0.1, -0.05) is 25.8 Å². The van der Waals surface area contributed by atoms with Gasteiger partial charge < -0.3 is 5.32 Å². The van der Waals surface area contributed by atoms with Crippen LogP contribution in [0.2, 0.25) is 0 Å². The highest BCUT2D eigenvalue weighted by Gasteiger charge is 2.20. The first kappa shape index (κ1) is 13.8.